The van der Waals surface area contributed by atoms with E-state index in [2.05, 4.69) is 18.8 Å². The Bertz CT molecular complexity index is 1190. The lowest BCUT2D eigenvalue weighted by atomic mass is 9.98. The van der Waals surface area contributed by atoms with E-state index in [0.717, 1.165) is 19.3 Å². The number of fused-ring (bicyclic) bond motifs is 1. The second-order valence-corrected chi connectivity index (χ2v) is 9.22. The predicted molar refractivity (Wildman–Crippen MR) is 123 cm³/mol. The number of benzene rings is 2. The van der Waals surface area contributed by atoms with Crippen LogP contribution in [-0.4, -0.2) is 38.2 Å². The molecule has 5 nitrogen and oxygen atoms in total. The number of thioether (sulfide) groups is 1. The molecule has 0 aliphatic carbocycles. The van der Waals surface area contributed by atoms with Gasteiger partial charge in [-0.3, -0.25) is 14.2 Å². The first kappa shape index (κ1) is 21.8. The number of hydrogen-bond acceptors (Lipinski definition) is 4. The van der Waals surface area contributed by atoms with Crippen molar-refractivity contribution in [2.24, 2.45) is 0 Å². The SMILES string of the molecule is CC1CCCC(C)N1C(=O)CSc1nc2ccccc2c(=O)n1-c1ccc(F)c(Cl)c1. The van der Waals surface area contributed by atoms with Crippen LogP contribution >= 0.6 is 23.4 Å². The van der Waals surface area contributed by atoms with Gasteiger partial charge in [0.1, 0.15) is 5.82 Å². The zero-order chi connectivity index (χ0) is 22.1. The lowest BCUT2D eigenvalue weighted by Crippen LogP contribution is -2.48. The number of rotatable bonds is 4. The summed E-state index contributed by atoms with van der Waals surface area (Å²) in [6.45, 7) is 4.14. The maximum absolute atomic E-state index is 13.7. The van der Waals surface area contributed by atoms with Crippen LogP contribution in [0.2, 0.25) is 5.02 Å². The number of aromatic nitrogens is 2. The van der Waals surface area contributed by atoms with E-state index in [0.29, 0.717) is 21.7 Å². The summed E-state index contributed by atoms with van der Waals surface area (Å²) in [6.07, 6.45) is 3.11. The Kier molecular flexibility index (Phi) is 6.34. The molecular formula is C23H23ClFN3O2S. The highest BCUT2D eigenvalue weighted by molar-refractivity contribution is 7.99. The molecule has 1 aliphatic rings. The molecule has 8 heteroatoms. The quantitative estimate of drug-likeness (QED) is 0.404. The summed E-state index contributed by atoms with van der Waals surface area (Å²) in [5.41, 5.74) is 0.666. The average molecular weight is 460 g/mol. The number of amides is 1. The zero-order valence-corrected chi connectivity index (χ0v) is 18.9. The first-order valence-corrected chi connectivity index (χ1v) is 11.6. The molecule has 0 saturated carbocycles. The maximum atomic E-state index is 13.7. The van der Waals surface area contributed by atoms with Gasteiger partial charge < -0.3 is 4.90 Å². The molecule has 0 spiro atoms. The smallest absolute Gasteiger partial charge is 0.266 e. The van der Waals surface area contributed by atoms with Gasteiger partial charge in [-0.15, -0.1) is 0 Å². The van der Waals surface area contributed by atoms with Crippen LogP contribution in [0.25, 0.3) is 16.6 Å². The van der Waals surface area contributed by atoms with E-state index < -0.39 is 5.82 Å². The fraction of sp³-hybridized carbons (Fsp3) is 0.348. The third kappa shape index (κ3) is 4.34. The van der Waals surface area contributed by atoms with Crippen molar-refractivity contribution in [3.63, 3.8) is 0 Å². The standard InChI is InChI=1S/C23H23ClFN3O2S/c1-14-6-5-7-15(2)27(14)21(29)13-31-23-26-20-9-4-3-8-17(20)22(30)28(23)16-10-11-19(25)18(24)12-16/h3-4,8-12,14-15H,5-7,13H2,1-2H3. The van der Waals surface area contributed by atoms with Crippen LogP contribution in [-0.2, 0) is 4.79 Å². The van der Waals surface area contributed by atoms with Crippen molar-refractivity contribution in [2.75, 3.05) is 5.75 Å². The van der Waals surface area contributed by atoms with Crippen molar-refractivity contribution in [1.82, 2.24) is 14.5 Å². The van der Waals surface area contributed by atoms with Gasteiger partial charge in [0.25, 0.3) is 5.56 Å². The Morgan fingerprint density at radius 2 is 1.90 bits per heavy atom. The Morgan fingerprint density at radius 3 is 2.61 bits per heavy atom. The van der Waals surface area contributed by atoms with Crippen molar-refractivity contribution in [2.45, 2.75) is 50.4 Å². The molecule has 1 aliphatic heterocycles. The number of halogens is 2. The second kappa shape index (κ2) is 9.01. The molecule has 3 aromatic rings. The van der Waals surface area contributed by atoms with Gasteiger partial charge in [0.05, 0.1) is 27.4 Å². The predicted octanol–water partition coefficient (Wildman–Crippen LogP) is 5.06. The van der Waals surface area contributed by atoms with Gasteiger partial charge in [0.15, 0.2) is 5.16 Å². The van der Waals surface area contributed by atoms with E-state index in [-0.39, 0.29) is 34.3 Å². The highest BCUT2D eigenvalue weighted by Gasteiger charge is 2.29. The van der Waals surface area contributed by atoms with Crippen molar-refractivity contribution < 1.29 is 9.18 Å². The van der Waals surface area contributed by atoms with Crippen molar-refractivity contribution in [3.8, 4) is 5.69 Å². The minimum atomic E-state index is -0.565. The first-order valence-electron chi connectivity index (χ1n) is 10.3. The third-order valence-corrected chi connectivity index (χ3v) is 6.93. The van der Waals surface area contributed by atoms with Crippen LogP contribution in [0, 0.1) is 5.82 Å². The monoisotopic (exact) mass is 459 g/mol. The van der Waals surface area contributed by atoms with Crippen LogP contribution in [0.3, 0.4) is 0 Å². The second-order valence-electron chi connectivity index (χ2n) is 7.87. The summed E-state index contributed by atoms with van der Waals surface area (Å²) in [4.78, 5) is 32.9. The van der Waals surface area contributed by atoms with Crippen LogP contribution in [0.4, 0.5) is 4.39 Å². The molecular weight excluding hydrogens is 437 g/mol. The van der Waals surface area contributed by atoms with E-state index >= 15 is 0 Å². The van der Waals surface area contributed by atoms with E-state index in [4.69, 9.17) is 11.6 Å². The van der Waals surface area contributed by atoms with Crippen molar-refractivity contribution >= 4 is 40.2 Å². The summed E-state index contributed by atoms with van der Waals surface area (Å²) in [5.74, 6) is -0.380. The summed E-state index contributed by atoms with van der Waals surface area (Å²) >= 11 is 7.18. The topological polar surface area (TPSA) is 55.2 Å². The van der Waals surface area contributed by atoms with Gasteiger partial charge in [-0.05, 0) is 63.4 Å². The number of para-hydroxylation sites is 1. The number of likely N-dealkylation sites (tertiary alicyclic amines) is 1. The molecule has 162 valence electrons. The summed E-state index contributed by atoms with van der Waals surface area (Å²) in [7, 11) is 0. The van der Waals surface area contributed by atoms with E-state index in [1.165, 1.54) is 34.5 Å². The molecule has 1 aromatic heterocycles. The molecule has 1 saturated heterocycles. The Balaban J connectivity index is 1.73. The van der Waals surface area contributed by atoms with E-state index in [1.54, 1.807) is 18.2 Å². The first-order chi connectivity index (χ1) is 14.9. The molecule has 0 N–H and O–H groups in total. The molecule has 31 heavy (non-hydrogen) atoms. The molecule has 1 amide bonds. The molecule has 2 heterocycles. The van der Waals surface area contributed by atoms with Crippen molar-refractivity contribution in [1.29, 1.82) is 0 Å². The number of carbonyl (C=O) groups excluding carboxylic acids is 1. The Hall–Kier alpha value is -2.38. The normalized spacial score (nSPS) is 19.0. The van der Waals surface area contributed by atoms with Gasteiger partial charge in [-0.1, -0.05) is 35.5 Å². The Labute approximate surface area is 189 Å². The van der Waals surface area contributed by atoms with Gasteiger partial charge in [0, 0.05) is 12.1 Å². The highest BCUT2D eigenvalue weighted by Crippen LogP contribution is 2.27. The molecule has 2 atom stereocenters. The zero-order valence-electron chi connectivity index (χ0n) is 17.3. The van der Waals surface area contributed by atoms with E-state index in [1.807, 2.05) is 11.0 Å². The van der Waals surface area contributed by atoms with Gasteiger partial charge in [0.2, 0.25) is 5.91 Å². The highest BCUT2D eigenvalue weighted by atomic mass is 35.5. The average Bonchev–Trinajstić information content (AvgIpc) is 2.74. The maximum Gasteiger partial charge on any atom is 0.266 e. The van der Waals surface area contributed by atoms with Crippen LogP contribution in [0.5, 0.6) is 0 Å². The van der Waals surface area contributed by atoms with Crippen LogP contribution in [0.15, 0.2) is 52.4 Å². The number of carbonyl (C=O) groups is 1. The molecule has 1 fully saturated rings. The van der Waals surface area contributed by atoms with Crippen molar-refractivity contribution in [3.05, 3.63) is 63.7 Å². The van der Waals surface area contributed by atoms with Gasteiger partial charge >= 0.3 is 0 Å². The molecule has 4 rings (SSSR count). The van der Waals surface area contributed by atoms with Gasteiger partial charge in [-0.2, -0.15) is 0 Å². The summed E-state index contributed by atoms with van der Waals surface area (Å²) in [5, 5.41) is 0.731. The number of nitrogens with zero attached hydrogens (tertiary/aromatic N) is 3. The molecule has 2 unspecified atom stereocenters. The lowest BCUT2D eigenvalue weighted by Gasteiger charge is -2.39. The molecule has 0 radical (unpaired) electrons. The summed E-state index contributed by atoms with van der Waals surface area (Å²) in [6, 6.07) is 11.5. The van der Waals surface area contributed by atoms with Gasteiger partial charge in [-0.25, -0.2) is 9.37 Å². The summed E-state index contributed by atoms with van der Waals surface area (Å²) < 4.78 is 15.1. The van der Waals surface area contributed by atoms with E-state index in [9.17, 15) is 14.0 Å². The van der Waals surface area contributed by atoms with Crippen LogP contribution in [0.1, 0.15) is 33.1 Å². The molecule has 0 bridgehead atoms. The fourth-order valence-corrected chi connectivity index (χ4v) is 5.23. The van der Waals surface area contributed by atoms with Crippen LogP contribution < -0.4 is 5.56 Å². The fourth-order valence-electron chi connectivity index (χ4n) is 4.17. The Morgan fingerprint density at radius 1 is 1.19 bits per heavy atom. The largest absolute Gasteiger partial charge is 0.337 e. The lowest BCUT2D eigenvalue weighted by molar-refractivity contribution is -0.134. The number of piperidine rings is 1. The minimum Gasteiger partial charge on any atom is -0.337 e. The number of hydrogen-bond donors (Lipinski definition) is 0. The molecule has 2 aromatic carbocycles. The minimum absolute atomic E-state index is 0.0239. The third-order valence-electron chi connectivity index (χ3n) is 5.71.